The van der Waals surface area contributed by atoms with Crippen molar-refractivity contribution in [1.29, 1.82) is 0 Å². The number of nitrogens with zero attached hydrogens (tertiary/aromatic N) is 4. The predicted molar refractivity (Wildman–Crippen MR) is 166 cm³/mol. The van der Waals surface area contributed by atoms with E-state index in [1.54, 1.807) is 37.5 Å². The van der Waals surface area contributed by atoms with E-state index in [4.69, 9.17) is 26.2 Å². The molecule has 228 valence electrons. The lowest BCUT2D eigenvalue weighted by Crippen LogP contribution is -2.35. The number of pyridine rings is 1. The van der Waals surface area contributed by atoms with E-state index < -0.39 is 6.04 Å². The molecule has 10 nitrogen and oxygen atoms in total. The summed E-state index contributed by atoms with van der Waals surface area (Å²) in [5.41, 5.74) is 5.13. The number of carbonyl (C=O) groups is 1. The van der Waals surface area contributed by atoms with E-state index in [0.29, 0.717) is 41.2 Å². The molecule has 2 aromatic heterocycles. The minimum absolute atomic E-state index is 0.0211. The number of nitrogens with one attached hydrogen (secondary N) is 1. The Labute approximate surface area is 255 Å². The summed E-state index contributed by atoms with van der Waals surface area (Å²) < 4.78 is 13.4. The van der Waals surface area contributed by atoms with Crippen LogP contribution in [0.1, 0.15) is 44.4 Å². The molecule has 0 unspecified atom stereocenters. The van der Waals surface area contributed by atoms with E-state index in [0.717, 1.165) is 22.3 Å². The van der Waals surface area contributed by atoms with Gasteiger partial charge in [0.15, 0.2) is 0 Å². The Morgan fingerprint density at radius 2 is 1.88 bits per heavy atom. The van der Waals surface area contributed by atoms with Crippen molar-refractivity contribution in [3.05, 3.63) is 75.2 Å². The third-order valence-electron chi connectivity index (χ3n) is 7.79. The van der Waals surface area contributed by atoms with Gasteiger partial charge in [0.05, 0.1) is 25.9 Å². The Bertz CT molecular complexity index is 1670. The topological polar surface area (TPSA) is 120 Å². The smallest absolute Gasteiger partial charge is 0.251 e. The highest BCUT2D eigenvalue weighted by Crippen LogP contribution is 2.34. The fraction of sp³-hybridized carbons (Fsp3) is 0.438. The molecule has 0 aliphatic carbocycles. The third kappa shape index (κ3) is 7.15. The average molecular weight is 608 g/mol. The SMILES string of the molecule is CC(C)[C@@H]1Cc2ccc(Cl)cc2-c2cc(=O)n([C@@H](C[C@@H](C)COCCO)C(=O)Nc3ccc4nn(C)nc4c3)cc2CO1. The molecule has 1 amide bonds. The minimum Gasteiger partial charge on any atom is -0.394 e. The third-order valence-corrected chi connectivity index (χ3v) is 8.03. The quantitative estimate of drug-likeness (QED) is 0.249. The molecule has 0 radical (unpaired) electrons. The molecule has 5 rings (SSSR count). The van der Waals surface area contributed by atoms with Crippen LogP contribution in [0.2, 0.25) is 5.02 Å². The number of fused-ring (bicyclic) bond motifs is 4. The Morgan fingerprint density at radius 3 is 2.65 bits per heavy atom. The van der Waals surface area contributed by atoms with Gasteiger partial charge in [-0.15, -0.1) is 0 Å². The molecule has 0 saturated carbocycles. The van der Waals surface area contributed by atoms with Crippen molar-refractivity contribution in [3.8, 4) is 11.1 Å². The zero-order valence-corrected chi connectivity index (χ0v) is 25.7. The summed E-state index contributed by atoms with van der Waals surface area (Å²) in [6, 6.07) is 11.8. The Morgan fingerprint density at radius 1 is 1.12 bits per heavy atom. The van der Waals surface area contributed by atoms with Crippen LogP contribution in [0, 0.1) is 11.8 Å². The number of aryl methyl sites for hydroxylation is 1. The molecule has 2 aromatic carbocycles. The lowest BCUT2D eigenvalue weighted by Gasteiger charge is -2.28. The van der Waals surface area contributed by atoms with E-state index >= 15 is 0 Å². The van der Waals surface area contributed by atoms with Gasteiger partial charge < -0.3 is 24.5 Å². The average Bonchev–Trinajstić information content (AvgIpc) is 3.33. The van der Waals surface area contributed by atoms with Crippen LogP contribution in [-0.2, 0) is 34.3 Å². The van der Waals surface area contributed by atoms with Crippen molar-refractivity contribution >= 4 is 34.2 Å². The fourth-order valence-electron chi connectivity index (χ4n) is 5.55. The molecule has 3 atom stereocenters. The number of ether oxygens (including phenoxy) is 2. The van der Waals surface area contributed by atoms with E-state index in [9.17, 15) is 9.59 Å². The summed E-state index contributed by atoms with van der Waals surface area (Å²) in [7, 11) is 1.74. The number of aliphatic hydroxyl groups is 1. The number of rotatable bonds is 10. The van der Waals surface area contributed by atoms with Crippen LogP contribution in [0.25, 0.3) is 22.2 Å². The van der Waals surface area contributed by atoms with Crippen LogP contribution < -0.4 is 10.9 Å². The van der Waals surface area contributed by atoms with Gasteiger partial charge in [0.25, 0.3) is 5.56 Å². The summed E-state index contributed by atoms with van der Waals surface area (Å²) in [5.74, 6) is -0.143. The first-order chi connectivity index (χ1) is 20.6. The van der Waals surface area contributed by atoms with Crippen LogP contribution in [0.4, 0.5) is 5.69 Å². The first-order valence-electron chi connectivity index (χ1n) is 14.6. The maximum absolute atomic E-state index is 13.9. The normalized spacial score (nSPS) is 16.3. The lowest BCUT2D eigenvalue weighted by atomic mass is 9.89. The highest BCUT2D eigenvalue weighted by Gasteiger charge is 2.28. The number of amides is 1. The van der Waals surface area contributed by atoms with Crippen molar-refractivity contribution in [3.63, 3.8) is 0 Å². The summed E-state index contributed by atoms with van der Waals surface area (Å²) in [6.45, 7) is 6.95. The molecule has 0 bridgehead atoms. The summed E-state index contributed by atoms with van der Waals surface area (Å²) in [4.78, 5) is 29.2. The molecule has 0 spiro atoms. The Hall–Kier alpha value is -3.57. The second-order valence-electron chi connectivity index (χ2n) is 11.6. The highest BCUT2D eigenvalue weighted by molar-refractivity contribution is 6.30. The number of aliphatic hydroxyl groups excluding tert-OH is 1. The molecule has 43 heavy (non-hydrogen) atoms. The van der Waals surface area contributed by atoms with E-state index in [-0.39, 0.29) is 49.2 Å². The molecule has 0 fully saturated rings. The van der Waals surface area contributed by atoms with Gasteiger partial charge in [-0.05, 0) is 71.7 Å². The first kappa shape index (κ1) is 30.9. The summed E-state index contributed by atoms with van der Waals surface area (Å²) >= 11 is 6.42. The molecule has 2 N–H and O–H groups in total. The van der Waals surface area contributed by atoms with Crippen LogP contribution in [0.15, 0.2) is 53.5 Å². The summed E-state index contributed by atoms with van der Waals surface area (Å²) in [5, 5.41) is 21.3. The fourth-order valence-corrected chi connectivity index (χ4v) is 5.72. The second-order valence-corrected chi connectivity index (χ2v) is 12.0. The van der Waals surface area contributed by atoms with Crippen LogP contribution in [0.3, 0.4) is 0 Å². The van der Waals surface area contributed by atoms with E-state index in [2.05, 4.69) is 29.4 Å². The van der Waals surface area contributed by atoms with Gasteiger partial charge in [0.1, 0.15) is 17.1 Å². The summed E-state index contributed by atoms with van der Waals surface area (Å²) in [6.07, 6.45) is 2.77. The zero-order chi connectivity index (χ0) is 30.7. The maximum Gasteiger partial charge on any atom is 0.251 e. The molecule has 3 heterocycles. The Kier molecular flexibility index (Phi) is 9.61. The standard InChI is InChI=1S/C32H38ClN5O5/c1-19(2)30-12-21-5-6-23(33)13-25(21)26-15-31(40)38(16-22(26)18-43-30)29(11-20(3)17-42-10-9-39)32(41)34-24-7-8-27-28(14-24)36-37(4)35-27/h5-8,13-16,19-20,29-30,39H,9-12,17-18H2,1-4H3,(H,34,41)/t20-,29+,30+/m1/s1. The van der Waals surface area contributed by atoms with Crippen molar-refractivity contribution < 1.29 is 19.4 Å². The van der Waals surface area contributed by atoms with E-state index in [1.807, 2.05) is 25.1 Å². The molecule has 4 aromatic rings. The Balaban J connectivity index is 1.54. The molecular weight excluding hydrogens is 570 g/mol. The van der Waals surface area contributed by atoms with Gasteiger partial charge in [-0.2, -0.15) is 15.0 Å². The number of anilines is 1. The van der Waals surface area contributed by atoms with Crippen molar-refractivity contribution in [2.45, 2.75) is 52.4 Å². The second kappa shape index (κ2) is 13.4. The number of carbonyl (C=O) groups excluding carboxylic acids is 1. The lowest BCUT2D eigenvalue weighted by molar-refractivity contribution is -0.120. The van der Waals surface area contributed by atoms with Crippen LogP contribution in [-0.4, -0.2) is 56.5 Å². The van der Waals surface area contributed by atoms with Crippen LogP contribution in [0.5, 0.6) is 0 Å². The van der Waals surface area contributed by atoms with Gasteiger partial charge in [-0.1, -0.05) is 38.4 Å². The molecular formula is C32H38ClN5O5. The van der Waals surface area contributed by atoms with Gasteiger partial charge in [0, 0.05) is 42.2 Å². The number of aromatic nitrogens is 4. The molecule has 0 saturated heterocycles. The largest absolute Gasteiger partial charge is 0.394 e. The molecule has 11 heteroatoms. The number of hydrogen-bond acceptors (Lipinski definition) is 7. The monoisotopic (exact) mass is 607 g/mol. The number of hydrogen-bond donors (Lipinski definition) is 2. The molecule has 1 aliphatic heterocycles. The maximum atomic E-state index is 13.9. The van der Waals surface area contributed by atoms with Crippen molar-refractivity contribution in [1.82, 2.24) is 19.6 Å². The molecule has 1 aliphatic rings. The number of halogens is 1. The van der Waals surface area contributed by atoms with Gasteiger partial charge in [0.2, 0.25) is 5.91 Å². The highest BCUT2D eigenvalue weighted by atomic mass is 35.5. The van der Waals surface area contributed by atoms with Gasteiger partial charge in [-0.25, -0.2) is 0 Å². The predicted octanol–water partition coefficient (Wildman–Crippen LogP) is 4.76. The van der Waals surface area contributed by atoms with Gasteiger partial charge in [-0.3, -0.25) is 9.59 Å². The first-order valence-corrected chi connectivity index (χ1v) is 15.0. The van der Waals surface area contributed by atoms with E-state index in [1.165, 1.54) is 9.36 Å². The van der Waals surface area contributed by atoms with Gasteiger partial charge >= 0.3 is 0 Å². The minimum atomic E-state index is -0.840. The van der Waals surface area contributed by atoms with Crippen molar-refractivity contribution in [2.75, 3.05) is 25.1 Å². The van der Waals surface area contributed by atoms with Crippen molar-refractivity contribution in [2.24, 2.45) is 18.9 Å². The van der Waals surface area contributed by atoms with Crippen LogP contribution >= 0.6 is 11.6 Å². The zero-order valence-electron chi connectivity index (χ0n) is 24.9. The number of benzene rings is 2.